The number of carbonyl (C=O) groups excluding carboxylic acids is 2. The fourth-order valence-corrected chi connectivity index (χ4v) is 4.26. The van der Waals surface area contributed by atoms with Gasteiger partial charge in [-0.3, -0.25) is 9.59 Å². The lowest BCUT2D eigenvalue weighted by atomic mass is 9.83. The van der Waals surface area contributed by atoms with Crippen molar-refractivity contribution in [3.8, 4) is 0 Å². The SMILES string of the molecule is CCC1CCC(N(C(=O)c2ccc(NC(=O)c3ccco3)cc2)C2CC2)CC1. The summed E-state index contributed by atoms with van der Waals surface area (Å²) in [5.41, 5.74) is 1.35. The summed E-state index contributed by atoms with van der Waals surface area (Å²) in [4.78, 5) is 27.5. The number of amides is 2. The molecule has 2 amide bonds. The summed E-state index contributed by atoms with van der Waals surface area (Å²) in [6.45, 7) is 2.26. The van der Waals surface area contributed by atoms with Crippen molar-refractivity contribution in [2.24, 2.45) is 5.92 Å². The van der Waals surface area contributed by atoms with Crippen molar-refractivity contribution in [3.63, 3.8) is 0 Å². The molecule has 2 aliphatic rings. The Balaban J connectivity index is 1.42. The van der Waals surface area contributed by atoms with E-state index in [1.54, 1.807) is 24.3 Å². The fourth-order valence-electron chi connectivity index (χ4n) is 4.26. The van der Waals surface area contributed by atoms with E-state index in [-0.39, 0.29) is 17.6 Å². The topological polar surface area (TPSA) is 62.6 Å². The molecule has 2 fully saturated rings. The average Bonchev–Trinajstić information content (AvgIpc) is 3.40. The van der Waals surface area contributed by atoms with Gasteiger partial charge in [-0.1, -0.05) is 13.3 Å². The van der Waals surface area contributed by atoms with Gasteiger partial charge in [-0.2, -0.15) is 0 Å². The van der Waals surface area contributed by atoms with Crippen LogP contribution in [0.2, 0.25) is 0 Å². The molecule has 0 bridgehead atoms. The Morgan fingerprint density at radius 2 is 1.64 bits per heavy atom. The van der Waals surface area contributed by atoms with E-state index < -0.39 is 0 Å². The molecule has 2 aliphatic carbocycles. The molecule has 1 N–H and O–H groups in total. The van der Waals surface area contributed by atoms with E-state index in [0.29, 0.717) is 23.3 Å². The fraction of sp³-hybridized carbons (Fsp3) is 0.478. The van der Waals surface area contributed by atoms with E-state index in [1.165, 1.54) is 25.5 Å². The van der Waals surface area contributed by atoms with E-state index in [9.17, 15) is 9.59 Å². The van der Waals surface area contributed by atoms with Crippen molar-refractivity contribution < 1.29 is 14.0 Å². The third kappa shape index (κ3) is 4.13. The van der Waals surface area contributed by atoms with Crippen molar-refractivity contribution in [1.82, 2.24) is 4.90 Å². The molecule has 0 unspecified atom stereocenters. The van der Waals surface area contributed by atoms with Gasteiger partial charge in [-0.15, -0.1) is 0 Å². The number of rotatable bonds is 6. The molecule has 1 aromatic heterocycles. The maximum Gasteiger partial charge on any atom is 0.291 e. The summed E-state index contributed by atoms with van der Waals surface area (Å²) in [5, 5.41) is 2.79. The van der Waals surface area contributed by atoms with E-state index in [2.05, 4.69) is 17.1 Å². The number of carbonyl (C=O) groups is 2. The number of nitrogens with one attached hydrogen (secondary N) is 1. The van der Waals surface area contributed by atoms with Gasteiger partial charge in [0.05, 0.1) is 6.26 Å². The van der Waals surface area contributed by atoms with Crippen LogP contribution in [-0.4, -0.2) is 28.8 Å². The molecule has 2 aromatic rings. The number of furan rings is 1. The molecule has 0 aliphatic heterocycles. The Morgan fingerprint density at radius 1 is 1.00 bits per heavy atom. The Bertz CT molecular complexity index is 801. The van der Waals surface area contributed by atoms with Crippen LogP contribution >= 0.6 is 0 Å². The molecule has 0 atom stereocenters. The highest BCUT2D eigenvalue weighted by atomic mass is 16.3. The summed E-state index contributed by atoms with van der Waals surface area (Å²) < 4.78 is 5.10. The zero-order chi connectivity index (χ0) is 19.5. The molecule has 28 heavy (non-hydrogen) atoms. The van der Waals surface area contributed by atoms with Crippen LogP contribution in [0.4, 0.5) is 5.69 Å². The van der Waals surface area contributed by atoms with E-state index in [0.717, 1.165) is 31.6 Å². The van der Waals surface area contributed by atoms with Gasteiger partial charge < -0.3 is 14.6 Å². The largest absolute Gasteiger partial charge is 0.459 e. The molecule has 148 valence electrons. The predicted octanol–water partition coefficient (Wildman–Crippen LogP) is 5.11. The van der Waals surface area contributed by atoms with Crippen molar-refractivity contribution in [2.75, 3.05) is 5.32 Å². The monoisotopic (exact) mass is 380 g/mol. The molecule has 5 heteroatoms. The summed E-state index contributed by atoms with van der Waals surface area (Å²) >= 11 is 0. The van der Waals surface area contributed by atoms with Gasteiger partial charge in [0.1, 0.15) is 0 Å². The normalized spacial score (nSPS) is 21.9. The number of benzene rings is 1. The minimum absolute atomic E-state index is 0.131. The summed E-state index contributed by atoms with van der Waals surface area (Å²) in [7, 11) is 0. The minimum atomic E-state index is -0.295. The highest BCUT2D eigenvalue weighted by molar-refractivity contribution is 6.02. The number of anilines is 1. The first kappa shape index (κ1) is 18.8. The molecular formula is C23H28N2O3. The molecule has 5 nitrogen and oxygen atoms in total. The van der Waals surface area contributed by atoms with Gasteiger partial charge in [0, 0.05) is 23.3 Å². The van der Waals surface area contributed by atoms with Crippen LogP contribution in [0, 0.1) is 5.92 Å². The Kier molecular flexibility index (Phi) is 5.51. The molecule has 2 saturated carbocycles. The average molecular weight is 380 g/mol. The lowest BCUT2D eigenvalue weighted by molar-refractivity contribution is 0.0587. The maximum atomic E-state index is 13.2. The highest BCUT2D eigenvalue weighted by Crippen LogP contribution is 2.37. The highest BCUT2D eigenvalue weighted by Gasteiger charge is 2.38. The first-order chi connectivity index (χ1) is 13.7. The number of nitrogens with zero attached hydrogens (tertiary/aromatic N) is 1. The van der Waals surface area contributed by atoms with Crippen LogP contribution in [0.25, 0.3) is 0 Å². The smallest absolute Gasteiger partial charge is 0.291 e. The summed E-state index contributed by atoms with van der Waals surface area (Å²) in [6, 6.07) is 11.3. The quantitative estimate of drug-likeness (QED) is 0.758. The molecule has 0 saturated heterocycles. The van der Waals surface area contributed by atoms with Crippen LogP contribution in [0.15, 0.2) is 47.1 Å². The van der Waals surface area contributed by atoms with Crippen LogP contribution in [0.3, 0.4) is 0 Å². The van der Waals surface area contributed by atoms with Crippen LogP contribution in [-0.2, 0) is 0 Å². The third-order valence-corrected chi connectivity index (χ3v) is 6.10. The molecule has 0 spiro atoms. The van der Waals surface area contributed by atoms with Crippen LogP contribution in [0.1, 0.15) is 72.8 Å². The lowest BCUT2D eigenvalue weighted by Gasteiger charge is -2.37. The predicted molar refractivity (Wildman–Crippen MR) is 108 cm³/mol. The molecule has 0 radical (unpaired) electrons. The Hall–Kier alpha value is -2.56. The second-order valence-electron chi connectivity index (χ2n) is 8.04. The van der Waals surface area contributed by atoms with Gasteiger partial charge in [-0.05, 0) is 80.8 Å². The second kappa shape index (κ2) is 8.21. The van der Waals surface area contributed by atoms with Gasteiger partial charge >= 0.3 is 0 Å². The first-order valence-corrected chi connectivity index (χ1v) is 10.4. The van der Waals surface area contributed by atoms with Gasteiger partial charge in [-0.25, -0.2) is 0 Å². The standard InChI is InChI=1S/C23H28N2O3/c1-2-16-5-11-19(12-6-16)25(20-13-14-20)23(27)17-7-9-18(10-8-17)24-22(26)21-4-3-15-28-21/h3-4,7-10,15-16,19-20H,2,5-6,11-14H2,1H3,(H,24,26). The zero-order valence-corrected chi connectivity index (χ0v) is 16.4. The van der Waals surface area contributed by atoms with Crippen molar-refractivity contribution in [3.05, 3.63) is 54.0 Å². The van der Waals surface area contributed by atoms with E-state index in [4.69, 9.17) is 4.42 Å². The molecular weight excluding hydrogens is 352 g/mol. The van der Waals surface area contributed by atoms with Crippen LogP contribution in [0.5, 0.6) is 0 Å². The minimum Gasteiger partial charge on any atom is -0.459 e. The molecule has 1 heterocycles. The zero-order valence-electron chi connectivity index (χ0n) is 16.4. The van der Waals surface area contributed by atoms with Crippen molar-refractivity contribution >= 4 is 17.5 Å². The summed E-state index contributed by atoms with van der Waals surface area (Å²) in [6.07, 6.45) is 9.67. The molecule has 1 aromatic carbocycles. The number of hydrogen-bond donors (Lipinski definition) is 1. The Labute approximate surface area is 166 Å². The third-order valence-electron chi connectivity index (χ3n) is 6.10. The van der Waals surface area contributed by atoms with Gasteiger partial charge in [0.15, 0.2) is 5.76 Å². The maximum absolute atomic E-state index is 13.2. The van der Waals surface area contributed by atoms with E-state index >= 15 is 0 Å². The van der Waals surface area contributed by atoms with Crippen molar-refractivity contribution in [2.45, 2.75) is 64.0 Å². The lowest BCUT2D eigenvalue weighted by Crippen LogP contribution is -2.43. The molecule has 4 rings (SSSR count). The van der Waals surface area contributed by atoms with E-state index in [1.807, 2.05) is 12.1 Å². The van der Waals surface area contributed by atoms with Crippen molar-refractivity contribution in [1.29, 1.82) is 0 Å². The summed E-state index contributed by atoms with van der Waals surface area (Å²) in [5.74, 6) is 0.926. The first-order valence-electron chi connectivity index (χ1n) is 10.4. The van der Waals surface area contributed by atoms with Gasteiger partial charge in [0.25, 0.3) is 11.8 Å². The van der Waals surface area contributed by atoms with Gasteiger partial charge in [0.2, 0.25) is 0 Å². The number of hydrogen-bond acceptors (Lipinski definition) is 3. The second-order valence-corrected chi connectivity index (χ2v) is 8.04. The van der Waals surface area contributed by atoms with Crippen LogP contribution < -0.4 is 5.32 Å². The Morgan fingerprint density at radius 3 is 2.18 bits per heavy atom.